The highest BCUT2D eigenvalue weighted by Crippen LogP contribution is 2.22. The predicted molar refractivity (Wildman–Crippen MR) is 93.0 cm³/mol. The average Bonchev–Trinajstić information content (AvgIpc) is 3.09. The second-order valence-electron chi connectivity index (χ2n) is 5.84. The third-order valence-corrected chi connectivity index (χ3v) is 4.43. The van der Waals surface area contributed by atoms with E-state index in [1.54, 1.807) is 6.07 Å². The number of rotatable bonds is 4. The van der Waals surface area contributed by atoms with Crippen LogP contribution in [0.25, 0.3) is 22.2 Å². The molecule has 3 aromatic heterocycles. The fourth-order valence-corrected chi connectivity index (χ4v) is 3.00. The van der Waals surface area contributed by atoms with Gasteiger partial charge in [0.15, 0.2) is 0 Å². The molecule has 0 N–H and O–H groups in total. The molecule has 24 heavy (non-hydrogen) atoms. The van der Waals surface area contributed by atoms with Gasteiger partial charge in [-0.3, -0.25) is 14.6 Å². The van der Waals surface area contributed by atoms with Crippen molar-refractivity contribution in [3.05, 3.63) is 41.9 Å². The van der Waals surface area contributed by atoms with Crippen LogP contribution in [0.4, 0.5) is 0 Å². The molecular weight excluding hydrogens is 326 g/mol. The van der Waals surface area contributed by atoms with Gasteiger partial charge in [-0.15, -0.1) is 0 Å². The highest BCUT2D eigenvalue weighted by molar-refractivity contribution is 6.29. The summed E-state index contributed by atoms with van der Waals surface area (Å²) in [4.78, 5) is 11.2. The first-order chi connectivity index (χ1) is 11.8. The van der Waals surface area contributed by atoms with E-state index < -0.39 is 0 Å². The van der Waals surface area contributed by atoms with E-state index in [1.165, 1.54) is 0 Å². The van der Waals surface area contributed by atoms with Crippen molar-refractivity contribution in [2.45, 2.75) is 6.54 Å². The summed E-state index contributed by atoms with van der Waals surface area (Å²) in [6.07, 6.45) is 5.77. The smallest absolute Gasteiger partial charge is 0.129 e. The predicted octanol–water partition coefficient (Wildman–Crippen LogP) is 2.48. The Morgan fingerprint density at radius 2 is 1.92 bits per heavy atom. The lowest BCUT2D eigenvalue weighted by molar-refractivity contribution is 0.0360. The summed E-state index contributed by atoms with van der Waals surface area (Å²) in [6.45, 7) is 5.48. The van der Waals surface area contributed by atoms with Crippen molar-refractivity contribution in [3.8, 4) is 11.1 Å². The van der Waals surface area contributed by atoms with Crippen molar-refractivity contribution in [1.82, 2.24) is 24.6 Å². The topological polar surface area (TPSA) is 56.1 Å². The molecule has 0 aromatic carbocycles. The lowest BCUT2D eigenvalue weighted by atomic mass is 10.1. The minimum Gasteiger partial charge on any atom is -0.379 e. The van der Waals surface area contributed by atoms with Crippen LogP contribution in [0.3, 0.4) is 0 Å². The van der Waals surface area contributed by atoms with E-state index in [0.29, 0.717) is 5.15 Å². The maximum Gasteiger partial charge on any atom is 0.129 e. The first kappa shape index (κ1) is 15.5. The van der Waals surface area contributed by atoms with Gasteiger partial charge in [-0.1, -0.05) is 11.6 Å². The van der Waals surface area contributed by atoms with Gasteiger partial charge in [0.05, 0.1) is 37.0 Å². The summed E-state index contributed by atoms with van der Waals surface area (Å²) in [5.41, 5.74) is 3.66. The molecule has 4 rings (SSSR count). The fourth-order valence-electron chi connectivity index (χ4n) is 2.84. The largest absolute Gasteiger partial charge is 0.379 e. The van der Waals surface area contributed by atoms with E-state index in [0.717, 1.165) is 61.6 Å². The lowest BCUT2D eigenvalue weighted by Crippen LogP contribution is -2.38. The number of fused-ring (bicyclic) bond motifs is 1. The minimum atomic E-state index is 0.475. The Morgan fingerprint density at radius 1 is 1.04 bits per heavy atom. The third kappa shape index (κ3) is 3.40. The van der Waals surface area contributed by atoms with Gasteiger partial charge in [-0.05, 0) is 18.2 Å². The Balaban J connectivity index is 1.49. The first-order valence-corrected chi connectivity index (χ1v) is 8.41. The van der Waals surface area contributed by atoms with Gasteiger partial charge in [0, 0.05) is 43.2 Å². The van der Waals surface area contributed by atoms with Crippen molar-refractivity contribution >= 4 is 22.6 Å². The lowest BCUT2D eigenvalue weighted by Gasteiger charge is -2.26. The fraction of sp³-hybridized carbons (Fsp3) is 0.353. The second kappa shape index (κ2) is 6.84. The monoisotopic (exact) mass is 343 g/mol. The van der Waals surface area contributed by atoms with Gasteiger partial charge in [0.25, 0.3) is 0 Å². The maximum absolute atomic E-state index is 5.97. The third-order valence-electron chi connectivity index (χ3n) is 4.22. The molecule has 0 atom stereocenters. The molecule has 1 saturated heterocycles. The summed E-state index contributed by atoms with van der Waals surface area (Å²) in [5.74, 6) is 0. The summed E-state index contributed by atoms with van der Waals surface area (Å²) < 4.78 is 7.34. The van der Waals surface area contributed by atoms with Crippen LogP contribution >= 0.6 is 11.6 Å². The summed E-state index contributed by atoms with van der Waals surface area (Å²) in [6, 6.07) is 5.62. The van der Waals surface area contributed by atoms with Crippen LogP contribution < -0.4 is 0 Å². The van der Waals surface area contributed by atoms with Gasteiger partial charge in [-0.25, -0.2) is 4.98 Å². The molecule has 1 aliphatic rings. The van der Waals surface area contributed by atoms with Gasteiger partial charge in [0.1, 0.15) is 5.15 Å². The number of aromatic nitrogens is 4. The quantitative estimate of drug-likeness (QED) is 0.681. The molecule has 124 valence electrons. The van der Waals surface area contributed by atoms with Gasteiger partial charge >= 0.3 is 0 Å². The van der Waals surface area contributed by atoms with E-state index in [9.17, 15) is 0 Å². The zero-order chi connectivity index (χ0) is 16.4. The number of nitrogens with zero attached hydrogens (tertiary/aromatic N) is 5. The van der Waals surface area contributed by atoms with E-state index in [2.05, 4.69) is 20.0 Å². The summed E-state index contributed by atoms with van der Waals surface area (Å²) in [7, 11) is 0. The number of ether oxygens (including phenoxy) is 1. The molecule has 0 aliphatic carbocycles. The van der Waals surface area contributed by atoms with Crippen LogP contribution in [-0.4, -0.2) is 57.5 Å². The maximum atomic E-state index is 5.97. The molecule has 0 radical (unpaired) electrons. The standard InChI is InChI=1S/C17H18ClN5O/c18-17-2-1-15-16(21-17)9-13(10-19-15)14-11-20-23(12-14)4-3-22-5-7-24-8-6-22/h1-2,9-12H,3-8H2. The molecule has 0 unspecified atom stereocenters. The highest BCUT2D eigenvalue weighted by atomic mass is 35.5. The number of pyridine rings is 2. The van der Waals surface area contributed by atoms with Crippen molar-refractivity contribution < 1.29 is 4.74 Å². The molecule has 3 aromatic rings. The van der Waals surface area contributed by atoms with Crippen molar-refractivity contribution in [3.63, 3.8) is 0 Å². The van der Waals surface area contributed by atoms with E-state index in [-0.39, 0.29) is 0 Å². The summed E-state index contributed by atoms with van der Waals surface area (Å²) in [5, 5.41) is 4.93. The Labute approximate surface area is 145 Å². The van der Waals surface area contributed by atoms with Crippen molar-refractivity contribution in [1.29, 1.82) is 0 Å². The van der Waals surface area contributed by atoms with E-state index in [1.807, 2.05) is 35.4 Å². The molecule has 1 fully saturated rings. The second-order valence-corrected chi connectivity index (χ2v) is 6.23. The summed E-state index contributed by atoms with van der Waals surface area (Å²) >= 11 is 5.97. The van der Waals surface area contributed by atoms with Gasteiger partial charge < -0.3 is 4.74 Å². The normalized spacial score (nSPS) is 15.9. The van der Waals surface area contributed by atoms with Gasteiger partial charge in [0.2, 0.25) is 0 Å². The molecule has 0 amide bonds. The molecule has 0 bridgehead atoms. The molecular formula is C17H18ClN5O. The highest BCUT2D eigenvalue weighted by Gasteiger charge is 2.11. The Hall–Kier alpha value is -2.02. The van der Waals surface area contributed by atoms with Crippen LogP contribution in [0.2, 0.25) is 5.15 Å². The first-order valence-electron chi connectivity index (χ1n) is 8.03. The van der Waals surface area contributed by atoms with Crippen LogP contribution in [0.5, 0.6) is 0 Å². The molecule has 0 saturated carbocycles. The minimum absolute atomic E-state index is 0.475. The average molecular weight is 344 g/mol. The Morgan fingerprint density at radius 3 is 2.79 bits per heavy atom. The zero-order valence-corrected chi connectivity index (χ0v) is 14.0. The number of halogens is 1. The van der Waals surface area contributed by atoms with Crippen LogP contribution in [-0.2, 0) is 11.3 Å². The molecule has 1 aliphatic heterocycles. The molecule has 6 nitrogen and oxygen atoms in total. The number of morpholine rings is 1. The van der Waals surface area contributed by atoms with Crippen molar-refractivity contribution in [2.24, 2.45) is 0 Å². The Kier molecular flexibility index (Phi) is 4.42. The Bertz CT molecular complexity index is 844. The molecule has 4 heterocycles. The molecule has 7 heteroatoms. The van der Waals surface area contributed by atoms with Crippen molar-refractivity contribution in [2.75, 3.05) is 32.8 Å². The van der Waals surface area contributed by atoms with Crippen LogP contribution in [0.1, 0.15) is 0 Å². The van der Waals surface area contributed by atoms with Crippen LogP contribution in [0, 0.1) is 0 Å². The zero-order valence-electron chi connectivity index (χ0n) is 13.2. The number of hydrogen-bond acceptors (Lipinski definition) is 5. The van der Waals surface area contributed by atoms with Gasteiger partial charge in [-0.2, -0.15) is 5.10 Å². The van der Waals surface area contributed by atoms with Crippen LogP contribution in [0.15, 0.2) is 36.8 Å². The van der Waals surface area contributed by atoms with E-state index in [4.69, 9.17) is 16.3 Å². The number of hydrogen-bond donors (Lipinski definition) is 0. The van der Waals surface area contributed by atoms with E-state index >= 15 is 0 Å². The molecule has 0 spiro atoms. The SMILES string of the molecule is Clc1ccc2ncc(-c3cnn(CCN4CCOCC4)c3)cc2n1.